The van der Waals surface area contributed by atoms with E-state index in [0.717, 1.165) is 0 Å². The maximum Gasteiger partial charge on any atom is 0.115 e. The van der Waals surface area contributed by atoms with E-state index < -0.39 is 0 Å². The van der Waals surface area contributed by atoms with E-state index in [4.69, 9.17) is 5.11 Å². The minimum absolute atomic E-state index is 0.348. The van der Waals surface area contributed by atoms with Gasteiger partial charge in [-0.25, -0.2) is 0 Å². The van der Waals surface area contributed by atoms with E-state index in [1.807, 2.05) is 19.2 Å². The lowest BCUT2D eigenvalue weighted by atomic mass is 10.1. The second kappa shape index (κ2) is 2.79. The Morgan fingerprint density at radius 2 is 2.00 bits per heavy atom. The summed E-state index contributed by atoms with van der Waals surface area (Å²) in [7, 11) is 1.99. The van der Waals surface area contributed by atoms with Crippen molar-refractivity contribution >= 4 is 0 Å². The minimum atomic E-state index is 0.348. The molecule has 0 saturated heterocycles. The zero-order valence-electron chi connectivity index (χ0n) is 7.12. The lowest BCUT2D eigenvalue weighted by Crippen LogP contribution is -2.09. The number of hydrogen-bond donors (Lipinski definition) is 2. The summed E-state index contributed by atoms with van der Waals surface area (Å²) in [5.74, 6) is 1.01. The van der Waals surface area contributed by atoms with Crippen LogP contribution in [-0.2, 0) is 0 Å². The van der Waals surface area contributed by atoms with E-state index in [2.05, 4.69) is 5.32 Å². The average molecular weight is 163 g/mol. The van der Waals surface area contributed by atoms with Crippen LogP contribution in [0.5, 0.6) is 5.75 Å². The van der Waals surface area contributed by atoms with Gasteiger partial charge < -0.3 is 10.4 Å². The van der Waals surface area contributed by atoms with Crippen molar-refractivity contribution in [1.82, 2.24) is 5.32 Å². The van der Waals surface area contributed by atoms with Crippen LogP contribution < -0.4 is 5.32 Å². The lowest BCUT2D eigenvalue weighted by Gasteiger charge is -1.99. The fourth-order valence-corrected chi connectivity index (χ4v) is 1.60. The molecule has 1 saturated carbocycles. The Labute approximate surface area is 72.2 Å². The van der Waals surface area contributed by atoms with Crippen LogP contribution in [0.25, 0.3) is 0 Å². The third-order valence-electron chi connectivity index (χ3n) is 2.48. The van der Waals surface area contributed by atoms with Crippen molar-refractivity contribution in [2.45, 2.75) is 18.4 Å². The van der Waals surface area contributed by atoms with E-state index in [1.165, 1.54) is 12.0 Å². The molecular weight excluding hydrogens is 150 g/mol. The van der Waals surface area contributed by atoms with Crippen molar-refractivity contribution in [3.8, 4) is 5.75 Å². The van der Waals surface area contributed by atoms with E-state index in [0.29, 0.717) is 17.7 Å². The Morgan fingerprint density at radius 3 is 2.50 bits per heavy atom. The van der Waals surface area contributed by atoms with Crippen molar-refractivity contribution in [2.24, 2.45) is 0 Å². The molecular formula is C10H13NO. The van der Waals surface area contributed by atoms with Gasteiger partial charge in [0, 0.05) is 12.0 Å². The molecule has 0 heterocycles. The first kappa shape index (κ1) is 7.62. The molecule has 1 aliphatic carbocycles. The Balaban J connectivity index is 2.10. The molecule has 1 fully saturated rings. The fraction of sp³-hybridized carbons (Fsp3) is 0.400. The molecule has 0 aromatic heterocycles. The van der Waals surface area contributed by atoms with Gasteiger partial charge in [-0.3, -0.25) is 0 Å². The maximum absolute atomic E-state index is 9.07. The molecule has 0 unspecified atom stereocenters. The largest absolute Gasteiger partial charge is 0.508 e. The highest BCUT2D eigenvalue weighted by molar-refractivity contribution is 5.32. The summed E-state index contributed by atoms with van der Waals surface area (Å²) in [6, 6.07) is 8.14. The highest BCUT2D eigenvalue weighted by Crippen LogP contribution is 2.40. The number of hydrogen-bond acceptors (Lipinski definition) is 2. The average Bonchev–Trinajstić information content (AvgIpc) is 2.85. The molecule has 1 aromatic carbocycles. The Hall–Kier alpha value is -1.02. The monoisotopic (exact) mass is 163 g/mol. The fourth-order valence-electron chi connectivity index (χ4n) is 1.60. The first-order chi connectivity index (χ1) is 5.81. The standard InChI is InChI=1S/C10H13NO/c1-11-10-6-9(10)7-2-4-8(12)5-3-7/h2-5,9-12H,6H2,1H3/t9-,10+/m1/s1. The van der Waals surface area contributed by atoms with Crippen LogP contribution in [0, 0.1) is 0 Å². The number of phenolic OH excluding ortho intramolecular Hbond substituents is 1. The summed E-state index contributed by atoms with van der Waals surface area (Å²) < 4.78 is 0. The first-order valence-electron chi connectivity index (χ1n) is 4.27. The SMILES string of the molecule is CN[C@H]1C[C@@H]1c1ccc(O)cc1. The van der Waals surface area contributed by atoms with Crippen molar-refractivity contribution in [1.29, 1.82) is 0 Å². The third-order valence-corrected chi connectivity index (χ3v) is 2.48. The summed E-state index contributed by atoms with van der Waals surface area (Å²) >= 11 is 0. The summed E-state index contributed by atoms with van der Waals surface area (Å²) in [5.41, 5.74) is 1.33. The molecule has 2 rings (SSSR count). The van der Waals surface area contributed by atoms with Crippen molar-refractivity contribution in [2.75, 3.05) is 7.05 Å². The molecule has 12 heavy (non-hydrogen) atoms. The van der Waals surface area contributed by atoms with E-state index in [1.54, 1.807) is 12.1 Å². The smallest absolute Gasteiger partial charge is 0.115 e. The number of aromatic hydroxyl groups is 1. The second-order valence-electron chi connectivity index (χ2n) is 3.33. The molecule has 0 spiro atoms. The topological polar surface area (TPSA) is 32.3 Å². The van der Waals surface area contributed by atoms with Gasteiger partial charge >= 0.3 is 0 Å². The predicted molar refractivity (Wildman–Crippen MR) is 48.3 cm³/mol. The van der Waals surface area contributed by atoms with E-state index in [-0.39, 0.29) is 0 Å². The van der Waals surface area contributed by atoms with Gasteiger partial charge in [-0.15, -0.1) is 0 Å². The predicted octanol–water partition coefficient (Wildman–Crippen LogP) is 1.47. The Kier molecular flexibility index (Phi) is 1.77. The van der Waals surface area contributed by atoms with E-state index >= 15 is 0 Å². The summed E-state index contributed by atoms with van der Waals surface area (Å²) in [4.78, 5) is 0. The van der Waals surface area contributed by atoms with Crippen molar-refractivity contribution in [3.63, 3.8) is 0 Å². The third kappa shape index (κ3) is 1.30. The Bertz CT molecular complexity index is 268. The van der Waals surface area contributed by atoms with Gasteiger partial charge in [0.2, 0.25) is 0 Å². The van der Waals surface area contributed by atoms with Crippen LogP contribution >= 0.6 is 0 Å². The molecule has 1 aromatic rings. The lowest BCUT2D eigenvalue weighted by molar-refractivity contribution is 0.475. The van der Waals surface area contributed by atoms with Crippen LogP contribution in [0.1, 0.15) is 17.9 Å². The number of benzene rings is 1. The number of rotatable bonds is 2. The highest BCUT2D eigenvalue weighted by Gasteiger charge is 2.36. The molecule has 64 valence electrons. The van der Waals surface area contributed by atoms with Gasteiger partial charge in [0.05, 0.1) is 0 Å². The second-order valence-corrected chi connectivity index (χ2v) is 3.33. The van der Waals surface area contributed by atoms with Crippen LogP contribution in [0.15, 0.2) is 24.3 Å². The quantitative estimate of drug-likeness (QED) is 0.692. The normalized spacial score (nSPS) is 27.1. The van der Waals surface area contributed by atoms with Gasteiger partial charge in [-0.1, -0.05) is 12.1 Å². The molecule has 2 N–H and O–H groups in total. The zero-order valence-corrected chi connectivity index (χ0v) is 7.12. The minimum Gasteiger partial charge on any atom is -0.508 e. The number of likely N-dealkylation sites (N-methyl/N-ethyl adjacent to an activating group) is 1. The molecule has 2 heteroatoms. The molecule has 2 atom stereocenters. The number of phenols is 1. The molecule has 1 aliphatic rings. The molecule has 0 aliphatic heterocycles. The van der Waals surface area contributed by atoms with Crippen LogP contribution in [0.2, 0.25) is 0 Å². The maximum atomic E-state index is 9.07. The van der Waals surface area contributed by atoms with Crippen molar-refractivity contribution < 1.29 is 5.11 Å². The Morgan fingerprint density at radius 1 is 1.33 bits per heavy atom. The highest BCUT2D eigenvalue weighted by atomic mass is 16.3. The van der Waals surface area contributed by atoms with Gasteiger partial charge in [0.1, 0.15) is 5.75 Å². The summed E-state index contributed by atoms with van der Waals surface area (Å²) in [6.45, 7) is 0. The molecule has 0 amide bonds. The van der Waals surface area contributed by atoms with Crippen molar-refractivity contribution in [3.05, 3.63) is 29.8 Å². The van der Waals surface area contributed by atoms with Gasteiger partial charge in [0.15, 0.2) is 0 Å². The van der Waals surface area contributed by atoms with E-state index in [9.17, 15) is 0 Å². The number of nitrogens with one attached hydrogen (secondary N) is 1. The molecule has 0 radical (unpaired) electrons. The van der Waals surface area contributed by atoms with Crippen LogP contribution in [0.4, 0.5) is 0 Å². The van der Waals surface area contributed by atoms with Crippen LogP contribution in [-0.4, -0.2) is 18.2 Å². The zero-order chi connectivity index (χ0) is 8.55. The molecule has 2 nitrogen and oxygen atoms in total. The van der Waals surface area contributed by atoms with Gasteiger partial charge in [-0.05, 0) is 31.2 Å². The summed E-state index contributed by atoms with van der Waals surface area (Å²) in [6.07, 6.45) is 1.22. The first-order valence-corrected chi connectivity index (χ1v) is 4.27. The van der Waals surface area contributed by atoms with Crippen LogP contribution in [0.3, 0.4) is 0 Å². The van der Waals surface area contributed by atoms with Gasteiger partial charge in [0.25, 0.3) is 0 Å². The van der Waals surface area contributed by atoms with Gasteiger partial charge in [-0.2, -0.15) is 0 Å². The summed E-state index contributed by atoms with van der Waals surface area (Å²) in [5, 5.41) is 12.3. The molecule has 0 bridgehead atoms.